The highest BCUT2D eigenvalue weighted by Crippen LogP contribution is 2.25. The van der Waals surface area contributed by atoms with Crippen LogP contribution in [0.1, 0.15) is 13.8 Å². The number of halogens is 2. The Balaban J connectivity index is 2.71. The minimum absolute atomic E-state index is 0.161. The van der Waals surface area contributed by atoms with E-state index in [2.05, 4.69) is 10.6 Å². The average molecular weight is 376 g/mol. The van der Waals surface area contributed by atoms with Crippen molar-refractivity contribution in [3.63, 3.8) is 0 Å². The molecule has 0 radical (unpaired) electrons. The summed E-state index contributed by atoms with van der Waals surface area (Å²) in [5, 5.41) is 15.0. The van der Waals surface area contributed by atoms with Gasteiger partial charge in [-0.3, -0.25) is 19.3 Å². The molecule has 1 aromatic rings. The molecule has 1 rings (SSSR count). The Hall–Kier alpha value is -1.83. The van der Waals surface area contributed by atoms with Gasteiger partial charge in [-0.05, 0) is 25.1 Å². The van der Waals surface area contributed by atoms with E-state index in [1.807, 2.05) is 0 Å². The minimum Gasteiger partial charge on any atom is -0.480 e. The lowest BCUT2D eigenvalue weighted by molar-refractivity contribution is -0.142. The van der Waals surface area contributed by atoms with Crippen LogP contribution in [0.5, 0.6) is 0 Å². The normalized spacial score (nSPS) is 11.9. The maximum Gasteiger partial charge on any atom is 0.320 e. The van der Waals surface area contributed by atoms with E-state index in [9.17, 15) is 14.4 Å². The van der Waals surface area contributed by atoms with Crippen LogP contribution in [-0.4, -0.2) is 53.5 Å². The topological polar surface area (TPSA) is 98.7 Å². The number of nitrogens with zero attached hydrogens (tertiary/aromatic N) is 1. The lowest BCUT2D eigenvalue weighted by atomic mass is 10.2. The van der Waals surface area contributed by atoms with Crippen molar-refractivity contribution in [1.29, 1.82) is 0 Å². The molecular formula is C15H19Cl2N3O4. The summed E-state index contributed by atoms with van der Waals surface area (Å²) in [7, 11) is 0. The van der Waals surface area contributed by atoms with Crippen molar-refractivity contribution in [2.24, 2.45) is 0 Å². The Morgan fingerprint density at radius 3 is 2.50 bits per heavy atom. The van der Waals surface area contributed by atoms with Crippen LogP contribution in [0.15, 0.2) is 18.2 Å². The van der Waals surface area contributed by atoms with Gasteiger partial charge >= 0.3 is 5.97 Å². The highest BCUT2D eigenvalue weighted by atomic mass is 35.5. The van der Waals surface area contributed by atoms with Gasteiger partial charge in [0.05, 0.1) is 17.3 Å². The Morgan fingerprint density at radius 1 is 1.29 bits per heavy atom. The number of aliphatic carboxylic acids is 1. The van der Waals surface area contributed by atoms with Crippen LogP contribution in [-0.2, 0) is 14.4 Å². The molecule has 0 heterocycles. The number of amides is 2. The van der Waals surface area contributed by atoms with E-state index >= 15 is 0 Å². The lowest BCUT2D eigenvalue weighted by Crippen LogP contribution is -2.46. The summed E-state index contributed by atoms with van der Waals surface area (Å²) >= 11 is 11.8. The predicted molar refractivity (Wildman–Crippen MR) is 92.4 cm³/mol. The number of carbonyl (C=O) groups excluding carboxylic acids is 2. The molecule has 0 saturated carbocycles. The van der Waals surface area contributed by atoms with Gasteiger partial charge in [0.1, 0.15) is 6.04 Å². The largest absolute Gasteiger partial charge is 0.480 e. The molecule has 1 unspecified atom stereocenters. The molecule has 0 spiro atoms. The summed E-state index contributed by atoms with van der Waals surface area (Å²) in [4.78, 5) is 35.7. The zero-order valence-corrected chi connectivity index (χ0v) is 14.8. The van der Waals surface area contributed by atoms with E-state index in [-0.39, 0.29) is 30.6 Å². The maximum absolute atomic E-state index is 12.2. The Bertz CT molecular complexity index is 625. The number of carbonyl (C=O) groups is 3. The van der Waals surface area contributed by atoms with Crippen molar-refractivity contribution < 1.29 is 19.5 Å². The van der Waals surface area contributed by atoms with Gasteiger partial charge in [0.15, 0.2) is 0 Å². The van der Waals surface area contributed by atoms with Gasteiger partial charge in [0.25, 0.3) is 0 Å². The second-order valence-corrected chi connectivity index (χ2v) is 5.98. The molecule has 1 atom stereocenters. The van der Waals surface area contributed by atoms with E-state index < -0.39 is 17.9 Å². The molecule has 0 bridgehead atoms. The number of nitrogens with one attached hydrogen (secondary N) is 2. The third kappa shape index (κ3) is 6.74. The number of anilines is 1. The zero-order chi connectivity index (χ0) is 18.3. The lowest BCUT2D eigenvalue weighted by Gasteiger charge is -2.25. The second kappa shape index (κ2) is 9.46. The van der Waals surface area contributed by atoms with Crippen molar-refractivity contribution in [2.45, 2.75) is 19.9 Å². The molecule has 9 heteroatoms. The molecule has 0 aromatic heterocycles. The molecule has 2 amide bonds. The fraction of sp³-hybridized carbons (Fsp3) is 0.400. The molecule has 3 N–H and O–H groups in total. The Labute approximate surface area is 149 Å². The van der Waals surface area contributed by atoms with Gasteiger partial charge in [-0.1, -0.05) is 23.2 Å². The number of benzene rings is 1. The van der Waals surface area contributed by atoms with Crippen LogP contribution in [0, 0.1) is 0 Å². The van der Waals surface area contributed by atoms with Crippen molar-refractivity contribution >= 4 is 46.7 Å². The Kier molecular flexibility index (Phi) is 7.97. The first-order valence-corrected chi connectivity index (χ1v) is 7.92. The highest BCUT2D eigenvalue weighted by molar-refractivity contribution is 6.36. The zero-order valence-electron chi connectivity index (χ0n) is 13.3. The molecule has 1 aromatic carbocycles. The maximum atomic E-state index is 12.2. The highest BCUT2D eigenvalue weighted by Gasteiger charge is 2.23. The van der Waals surface area contributed by atoms with Crippen LogP contribution in [0.2, 0.25) is 10.0 Å². The molecular weight excluding hydrogens is 357 g/mol. The van der Waals surface area contributed by atoms with Crippen molar-refractivity contribution in [3.05, 3.63) is 28.2 Å². The first-order valence-electron chi connectivity index (χ1n) is 7.17. The van der Waals surface area contributed by atoms with Crippen LogP contribution in [0.4, 0.5) is 5.69 Å². The fourth-order valence-corrected chi connectivity index (χ4v) is 2.36. The predicted octanol–water partition coefficient (Wildman–Crippen LogP) is 1.84. The number of carboxylic acid groups (broad SMARTS) is 1. The van der Waals surface area contributed by atoms with Gasteiger partial charge < -0.3 is 15.7 Å². The van der Waals surface area contributed by atoms with Gasteiger partial charge in [0, 0.05) is 25.0 Å². The quantitative estimate of drug-likeness (QED) is 0.643. The van der Waals surface area contributed by atoms with E-state index in [0.29, 0.717) is 10.7 Å². The van der Waals surface area contributed by atoms with Crippen LogP contribution < -0.4 is 10.6 Å². The molecule has 0 aliphatic carbocycles. The standard InChI is InChI=1S/C15H19Cl2N3O4/c1-9(15(23)24)20(6-5-18-10(2)21)8-14(22)19-13-4-3-11(16)7-12(13)17/h3-4,7,9H,5-6,8H2,1-2H3,(H,18,21)(H,19,22)(H,23,24). The fourth-order valence-electron chi connectivity index (χ4n) is 1.91. The summed E-state index contributed by atoms with van der Waals surface area (Å²) in [6.45, 7) is 3.13. The van der Waals surface area contributed by atoms with Crippen molar-refractivity contribution in [2.75, 3.05) is 25.0 Å². The third-order valence-corrected chi connectivity index (χ3v) is 3.78. The average Bonchev–Trinajstić information content (AvgIpc) is 2.48. The van der Waals surface area contributed by atoms with E-state index in [0.717, 1.165) is 0 Å². The first-order chi connectivity index (χ1) is 11.2. The van der Waals surface area contributed by atoms with Gasteiger partial charge in [0.2, 0.25) is 11.8 Å². The molecule has 0 saturated heterocycles. The van der Waals surface area contributed by atoms with E-state index in [1.165, 1.54) is 24.8 Å². The first kappa shape index (κ1) is 20.2. The molecule has 0 fully saturated rings. The van der Waals surface area contributed by atoms with Gasteiger partial charge in [-0.25, -0.2) is 0 Å². The summed E-state index contributed by atoms with van der Waals surface area (Å²) in [6.07, 6.45) is 0. The van der Waals surface area contributed by atoms with Crippen LogP contribution in [0.25, 0.3) is 0 Å². The Morgan fingerprint density at radius 2 is 1.96 bits per heavy atom. The van der Waals surface area contributed by atoms with Crippen LogP contribution in [0.3, 0.4) is 0 Å². The minimum atomic E-state index is -1.06. The smallest absolute Gasteiger partial charge is 0.320 e. The van der Waals surface area contributed by atoms with Crippen molar-refractivity contribution in [3.8, 4) is 0 Å². The summed E-state index contributed by atoms with van der Waals surface area (Å²) in [5.41, 5.74) is 0.385. The third-order valence-electron chi connectivity index (χ3n) is 3.23. The molecule has 24 heavy (non-hydrogen) atoms. The number of hydrogen-bond donors (Lipinski definition) is 3. The van der Waals surface area contributed by atoms with E-state index in [1.54, 1.807) is 12.1 Å². The number of carboxylic acids is 1. The molecule has 132 valence electrons. The van der Waals surface area contributed by atoms with Crippen LogP contribution >= 0.6 is 23.2 Å². The summed E-state index contributed by atoms with van der Waals surface area (Å²) in [6, 6.07) is 3.75. The number of hydrogen-bond acceptors (Lipinski definition) is 4. The van der Waals surface area contributed by atoms with Crippen molar-refractivity contribution in [1.82, 2.24) is 10.2 Å². The second-order valence-electron chi connectivity index (χ2n) is 5.14. The SMILES string of the molecule is CC(=O)NCCN(CC(=O)Nc1ccc(Cl)cc1Cl)C(C)C(=O)O. The van der Waals surface area contributed by atoms with Gasteiger partial charge in [-0.15, -0.1) is 0 Å². The van der Waals surface area contributed by atoms with E-state index in [4.69, 9.17) is 28.3 Å². The van der Waals surface area contributed by atoms with Gasteiger partial charge in [-0.2, -0.15) is 0 Å². The number of rotatable bonds is 8. The summed E-state index contributed by atoms with van der Waals surface area (Å²) in [5.74, 6) is -1.71. The summed E-state index contributed by atoms with van der Waals surface area (Å²) < 4.78 is 0. The molecule has 7 nitrogen and oxygen atoms in total. The monoisotopic (exact) mass is 375 g/mol. The molecule has 0 aliphatic rings. The molecule has 0 aliphatic heterocycles.